The predicted octanol–water partition coefficient (Wildman–Crippen LogP) is 4.80. The van der Waals surface area contributed by atoms with Crippen LogP contribution < -0.4 is 9.62 Å². The maximum Gasteiger partial charge on any atom is 0.243 e. The van der Waals surface area contributed by atoms with Gasteiger partial charge in [-0.2, -0.15) is 0 Å². The fourth-order valence-corrected chi connectivity index (χ4v) is 6.09. The summed E-state index contributed by atoms with van der Waals surface area (Å²) in [5.41, 5.74) is 2.43. The van der Waals surface area contributed by atoms with E-state index in [-0.39, 0.29) is 30.8 Å². The summed E-state index contributed by atoms with van der Waals surface area (Å²) >= 11 is 0. The first kappa shape index (κ1) is 28.7. The van der Waals surface area contributed by atoms with Gasteiger partial charge in [-0.05, 0) is 49.8 Å². The molecular weight excluding hydrogens is 486 g/mol. The van der Waals surface area contributed by atoms with Gasteiger partial charge < -0.3 is 10.2 Å². The number of amides is 2. The molecule has 0 aliphatic heterocycles. The van der Waals surface area contributed by atoms with Crippen molar-refractivity contribution in [2.75, 3.05) is 17.1 Å². The number of anilines is 1. The van der Waals surface area contributed by atoms with Crippen molar-refractivity contribution in [1.82, 2.24) is 10.2 Å². The number of hydrogen-bond donors (Lipinski definition) is 1. The molecule has 0 heterocycles. The van der Waals surface area contributed by atoms with Gasteiger partial charge in [-0.15, -0.1) is 0 Å². The van der Waals surface area contributed by atoms with Crippen molar-refractivity contribution >= 4 is 27.5 Å². The number of carbonyl (C=O) groups excluding carboxylic acids is 2. The van der Waals surface area contributed by atoms with Gasteiger partial charge >= 0.3 is 0 Å². The number of nitrogens with zero attached hydrogens (tertiary/aromatic N) is 2. The number of rotatable bonds is 12. The van der Waals surface area contributed by atoms with E-state index >= 15 is 0 Å². The third kappa shape index (κ3) is 8.32. The molecular formula is C29H41N3O4S. The van der Waals surface area contributed by atoms with Gasteiger partial charge in [-0.25, -0.2) is 8.42 Å². The molecule has 7 nitrogen and oxygen atoms in total. The number of nitrogens with one attached hydrogen (secondary N) is 1. The molecule has 0 bridgehead atoms. The van der Waals surface area contributed by atoms with Crippen LogP contribution in [0.3, 0.4) is 0 Å². The zero-order valence-corrected chi connectivity index (χ0v) is 23.2. The molecule has 1 atom stereocenters. The minimum atomic E-state index is -3.51. The van der Waals surface area contributed by atoms with Crippen molar-refractivity contribution in [3.8, 4) is 0 Å². The third-order valence-electron chi connectivity index (χ3n) is 7.07. The highest BCUT2D eigenvalue weighted by molar-refractivity contribution is 7.92. The van der Waals surface area contributed by atoms with Crippen molar-refractivity contribution in [3.05, 3.63) is 65.7 Å². The molecule has 3 rings (SSSR count). The van der Waals surface area contributed by atoms with Crippen LogP contribution in [0.4, 0.5) is 5.69 Å². The van der Waals surface area contributed by atoms with Crippen LogP contribution in [-0.2, 0) is 26.2 Å². The van der Waals surface area contributed by atoms with E-state index in [0.29, 0.717) is 25.1 Å². The lowest BCUT2D eigenvalue weighted by atomic mass is 9.95. The fraction of sp³-hybridized carbons (Fsp3) is 0.517. The smallest absolute Gasteiger partial charge is 0.243 e. The van der Waals surface area contributed by atoms with Crippen LogP contribution in [0.15, 0.2) is 54.6 Å². The highest BCUT2D eigenvalue weighted by atomic mass is 32.2. The van der Waals surface area contributed by atoms with E-state index in [1.165, 1.54) is 17.0 Å². The summed E-state index contributed by atoms with van der Waals surface area (Å²) < 4.78 is 26.5. The molecule has 8 heteroatoms. The minimum absolute atomic E-state index is 0.101. The number of benzene rings is 2. The second-order valence-corrected chi connectivity index (χ2v) is 11.9. The van der Waals surface area contributed by atoms with Crippen LogP contribution in [0.5, 0.6) is 0 Å². The lowest BCUT2D eigenvalue weighted by molar-refractivity contribution is -0.141. The fourth-order valence-electron chi connectivity index (χ4n) is 5.07. The summed E-state index contributed by atoms with van der Waals surface area (Å²) in [5.74, 6) is -0.246. The Kier molecular flexibility index (Phi) is 10.6. The van der Waals surface area contributed by atoms with Gasteiger partial charge in [0.1, 0.15) is 6.04 Å². The maximum atomic E-state index is 13.6. The Balaban J connectivity index is 1.74. The van der Waals surface area contributed by atoms with Crippen LogP contribution in [0.25, 0.3) is 0 Å². The maximum absolute atomic E-state index is 13.6. The quantitative estimate of drug-likeness (QED) is 0.430. The van der Waals surface area contributed by atoms with Crippen molar-refractivity contribution in [1.29, 1.82) is 0 Å². The van der Waals surface area contributed by atoms with E-state index in [2.05, 4.69) is 5.32 Å². The Bertz CT molecular complexity index is 1130. The molecule has 0 saturated heterocycles. The highest BCUT2D eigenvalue weighted by Gasteiger charge is 2.30. The topological polar surface area (TPSA) is 86.8 Å². The standard InChI is InChI=1S/C29H41N3O4S/c1-4-26(29(34)30-25-17-9-6-10-18-25)31(22-24-15-7-5-8-16-24)28(33)20-13-21-32(37(3,35)36)27-19-12-11-14-23(27)2/h5,7-8,11-12,14-16,19,25-26H,4,6,9-10,13,17-18,20-22H2,1-3H3,(H,30,34)/t26-/m1/s1. The Labute approximate surface area is 222 Å². The van der Waals surface area contributed by atoms with E-state index in [0.717, 1.165) is 36.8 Å². The second kappa shape index (κ2) is 13.6. The summed E-state index contributed by atoms with van der Waals surface area (Å²) in [7, 11) is -3.51. The third-order valence-corrected chi connectivity index (χ3v) is 8.25. The summed E-state index contributed by atoms with van der Waals surface area (Å²) in [6, 6.07) is 16.6. The van der Waals surface area contributed by atoms with Gasteiger partial charge in [0.25, 0.3) is 0 Å². The molecule has 1 N–H and O–H groups in total. The number of para-hydroxylation sites is 1. The van der Waals surface area contributed by atoms with Gasteiger partial charge in [-0.3, -0.25) is 13.9 Å². The number of carbonyl (C=O) groups is 2. The molecule has 0 aromatic heterocycles. The molecule has 1 saturated carbocycles. The summed E-state index contributed by atoms with van der Waals surface area (Å²) in [6.07, 6.45) is 7.60. The first-order valence-electron chi connectivity index (χ1n) is 13.4. The summed E-state index contributed by atoms with van der Waals surface area (Å²) in [4.78, 5) is 28.6. The SMILES string of the molecule is CC[C@H](C(=O)NC1CCCCC1)N(Cc1ccccc1)C(=O)CCCN(c1ccccc1C)S(C)(=O)=O. The first-order valence-corrected chi connectivity index (χ1v) is 15.2. The molecule has 2 amide bonds. The summed E-state index contributed by atoms with van der Waals surface area (Å²) in [6.45, 7) is 4.33. The van der Waals surface area contributed by atoms with E-state index in [9.17, 15) is 18.0 Å². The van der Waals surface area contributed by atoms with Crippen molar-refractivity contribution < 1.29 is 18.0 Å². The zero-order chi connectivity index (χ0) is 26.8. The molecule has 1 aliphatic carbocycles. The van der Waals surface area contributed by atoms with Crippen molar-refractivity contribution in [3.63, 3.8) is 0 Å². The normalized spacial score (nSPS) is 15.1. The number of aryl methyl sites for hydroxylation is 1. The molecule has 2 aromatic carbocycles. The molecule has 1 aliphatic rings. The largest absolute Gasteiger partial charge is 0.352 e. The summed E-state index contributed by atoms with van der Waals surface area (Å²) in [5, 5.41) is 3.19. The predicted molar refractivity (Wildman–Crippen MR) is 149 cm³/mol. The average molecular weight is 528 g/mol. The zero-order valence-electron chi connectivity index (χ0n) is 22.4. The van der Waals surface area contributed by atoms with E-state index < -0.39 is 16.1 Å². The Hall–Kier alpha value is -2.87. The molecule has 0 spiro atoms. The average Bonchev–Trinajstić information content (AvgIpc) is 2.87. The number of hydrogen-bond acceptors (Lipinski definition) is 4. The molecule has 0 unspecified atom stereocenters. The Morgan fingerprint density at radius 2 is 1.65 bits per heavy atom. The molecule has 2 aromatic rings. The van der Waals surface area contributed by atoms with Gasteiger partial charge in [0, 0.05) is 25.6 Å². The lowest BCUT2D eigenvalue weighted by Gasteiger charge is -2.33. The van der Waals surface area contributed by atoms with Gasteiger partial charge in [-0.1, -0.05) is 74.7 Å². The van der Waals surface area contributed by atoms with E-state index in [1.807, 2.05) is 62.4 Å². The van der Waals surface area contributed by atoms with Crippen molar-refractivity contribution in [2.24, 2.45) is 0 Å². The Morgan fingerprint density at radius 3 is 2.27 bits per heavy atom. The monoisotopic (exact) mass is 527 g/mol. The van der Waals surface area contributed by atoms with Crippen LogP contribution >= 0.6 is 0 Å². The van der Waals surface area contributed by atoms with Crippen LogP contribution in [0.2, 0.25) is 0 Å². The van der Waals surface area contributed by atoms with Crippen LogP contribution in [0, 0.1) is 6.92 Å². The molecule has 0 radical (unpaired) electrons. The highest BCUT2D eigenvalue weighted by Crippen LogP contribution is 2.23. The van der Waals surface area contributed by atoms with Gasteiger partial charge in [0.05, 0.1) is 11.9 Å². The van der Waals surface area contributed by atoms with Gasteiger partial charge in [0.15, 0.2) is 0 Å². The van der Waals surface area contributed by atoms with Crippen molar-refractivity contribution in [2.45, 2.75) is 83.8 Å². The Morgan fingerprint density at radius 1 is 1.00 bits per heavy atom. The van der Waals surface area contributed by atoms with E-state index in [4.69, 9.17) is 0 Å². The second-order valence-electron chi connectivity index (χ2n) is 10.00. The number of sulfonamides is 1. The first-order chi connectivity index (χ1) is 17.7. The van der Waals surface area contributed by atoms with Crippen LogP contribution in [-0.4, -0.2) is 50.0 Å². The van der Waals surface area contributed by atoms with Gasteiger partial charge in [0.2, 0.25) is 21.8 Å². The molecule has 202 valence electrons. The van der Waals surface area contributed by atoms with Crippen LogP contribution in [0.1, 0.15) is 69.4 Å². The molecule has 1 fully saturated rings. The lowest BCUT2D eigenvalue weighted by Crippen LogP contribution is -2.51. The van der Waals surface area contributed by atoms with E-state index in [1.54, 1.807) is 11.0 Å². The molecule has 37 heavy (non-hydrogen) atoms. The minimum Gasteiger partial charge on any atom is -0.352 e.